The predicted molar refractivity (Wildman–Crippen MR) is 71.1 cm³/mol. The van der Waals surface area contributed by atoms with Crippen LogP contribution in [0.4, 0.5) is 5.69 Å². The van der Waals surface area contributed by atoms with E-state index in [9.17, 15) is 4.79 Å². The summed E-state index contributed by atoms with van der Waals surface area (Å²) in [6, 6.07) is 0.000461. The lowest BCUT2D eigenvalue weighted by Gasteiger charge is -2.27. The Bertz CT molecular complexity index is 427. The monoisotopic (exact) mass is 250 g/mol. The molecule has 3 N–H and O–H groups in total. The number of carbonyl (C=O) groups excluding carboxylic acids is 1. The lowest BCUT2D eigenvalue weighted by Crippen LogP contribution is -2.40. The molecule has 0 aromatic carbocycles. The van der Waals surface area contributed by atoms with Gasteiger partial charge in [0.2, 0.25) is 5.91 Å². The van der Waals surface area contributed by atoms with Gasteiger partial charge in [0, 0.05) is 19.3 Å². The summed E-state index contributed by atoms with van der Waals surface area (Å²) in [4.78, 5) is 12.2. The highest BCUT2D eigenvalue weighted by molar-refractivity contribution is 5.93. The molecule has 0 radical (unpaired) electrons. The molecule has 0 saturated heterocycles. The van der Waals surface area contributed by atoms with E-state index in [1.165, 1.54) is 0 Å². The zero-order chi connectivity index (χ0) is 13.1. The zero-order valence-electron chi connectivity index (χ0n) is 11.1. The second-order valence-corrected chi connectivity index (χ2v) is 5.06. The number of hydrogen-bond donors (Lipinski definition) is 2. The van der Waals surface area contributed by atoms with Crippen molar-refractivity contribution in [2.45, 2.75) is 45.1 Å². The Kier molecular flexibility index (Phi) is 4.01. The molecular weight excluding hydrogens is 228 g/mol. The highest BCUT2D eigenvalue weighted by Gasteiger charge is 2.28. The maximum Gasteiger partial charge on any atom is 0.229 e. The number of aryl methyl sites for hydroxylation is 2. The molecule has 1 fully saturated rings. The molecular formula is C13H22N4O. The quantitative estimate of drug-likeness (QED) is 0.852. The van der Waals surface area contributed by atoms with Gasteiger partial charge in [-0.1, -0.05) is 19.8 Å². The summed E-state index contributed by atoms with van der Waals surface area (Å²) >= 11 is 0. The summed E-state index contributed by atoms with van der Waals surface area (Å²) < 4.78 is 1.73. The first kappa shape index (κ1) is 13.1. The van der Waals surface area contributed by atoms with Crippen molar-refractivity contribution >= 4 is 11.6 Å². The summed E-state index contributed by atoms with van der Waals surface area (Å²) in [7, 11) is 1.86. The summed E-state index contributed by atoms with van der Waals surface area (Å²) in [6.45, 7) is 2.03. The minimum atomic E-state index is -0.0522. The van der Waals surface area contributed by atoms with Gasteiger partial charge >= 0.3 is 0 Å². The Morgan fingerprint density at radius 1 is 1.56 bits per heavy atom. The van der Waals surface area contributed by atoms with Gasteiger partial charge < -0.3 is 11.1 Å². The van der Waals surface area contributed by atoms with Gasteiger partial charge in [-0.2, -0.15) is 5.10 Å². The smallest absolute Gasteiger partial charge is 0.229 e. The van der Waals surface area contributed by atoms with Crippen molar-refractivity contribution in [2.75, 3.05) is 5.32 Å². The summed E-state index contributed by atoms with van der Waals surface area (Å²) in [5.74, 6) is -0.00596. The summed E-state index contributed by atoms with van der Waals surface area (Å²) in [5, 5.41) is 7.30. The van der Waals surface area contributed by atoms with Crippen LogP contribution in [0.5, 0.6) is 0 Å². The maximum absolute atomic E-state index is 12.2. The molecule has 2 atom stereocenters. The van der Waals surface area contributed by atoms with E-state index in [1.54, 1.807) is 4.68 Å². The zero-order valence-corrected chi connectivity index (χ0v) is 11.1. The van der Waals surface area contributed by atoms with Crippen LogP contribution < -0.4 is 11.1 Å². The average Bonchev–Trinajstić information content (AvgIpc) is 2.70. The average molecular weight is 250 g/mol. The third-order valence-electron chi connectivity index (χ3n) is 3.65. The largest absolute Gasteiger partial charge is 0.327 e. The standard InChI is InChI=1S/C13H22N4O/c1-3-11-12(8-17(2)16-11)15-13(18)9-6-4-5-7-10(9)14/h8-10H,3-7,14H2,1-2H3,(H,15,18). The first-order chi connectivity index (χ1) is 8.61. The summed E-state index contributed by atoms with van der Waals surface area (Å²) in [5.41, 5.74) is 7.78. The number of anilines is 1. The van der Waals surface area contributed by atoms with Crippen LogP contribution in [-0.4, -0.2) is 21.7 Å². The number of nitrogens with zero attached hydrogens (tertiary/aromatic N) is 2. The van der Waals surface area contributed by atoms with Crippen molar-refractivity contribution in [1.82, 2.24) is 9.78 Å². The SMILES string of the molecule is CCc1nn(C)cc1NC(=O)C1CCCCC1N. The lowest BCUT2D eigenvalue weighted by atomic mass is 9.84. The molecule has 1 saturated carbocycles. The first-order valence-corrected chi connectivity index (χ1v) is 6.70. The normalized spacial score (nSPS) is 23.9. The van der Waals surface area contributed by atoms with Crippen molar-refractivity contribution in [2.24, 2.45) is 18.7 Å². The minimum Gasteiger partial charge on any atom is -0.327 e. The fourth-order valence-electron chi connectivity index (χ4n) is 2.61. The first-order valence-electron chi connectivity index (χ1n) is 6.70. The molecule has 18 heavy (non-hydrogen) atoms. The fraction of sp³-hybridized carbons (Fsp3) is 0.692. The minimum absolute atomic E-state index is 0.000461. The van der Waals surface area contributed by atoms with E-state index in [-0.39, 0.29) is 17.9 Å². The lowest BCUT2D eigenvalue weighted by molar-refractivity contribution is -0.121. The second-order valence-electron chi connectivity index (χ2n) is 5.06. The molecule has 0 aliphatic heterocycles. The van der Waals surface area contributed by atoms with Crippen LogP contribution >= 0.6 is 0 Å². The molecule has 0 spiro atoms. The number of carbonyl (C=O) groups is 1. The Labute approximate surface area is 108 Å². The van der Waals surface area contributed by atoms with Gasteiger partial charge in [-0.25, -0.2) is 0 Å². The van der Waals surface area contributed by atoms with Crippen LogP contribution in [0, 0.1) is 5.92 Å². The predicted octanol–water partition coefficient (Wildman–Crippen LogP) is 1.44. The number of nitrogens with two attached hydrogens (primary N) is 1. The molecule has 100 valence electrons. The Balaban J connectivity index is 2.05. The molecule has 5 heteroatoms. The van der Waals surface area contributed by atoms with E-state index < -0.39 is 0 Å². The number of nitrogens with one attached hydrogen (secondary N) is 1. The van der Waals surface area contributed by atoms with E-state index in [2.05, 4.69) is 10.4 Å². The Morgan fingerprint density at radius 3 is 2.94 bits per heavy atom. The molecule has 1 aromatic rings. The fourth-order valence-corrected chi connectivity index (χ4v) is 2.61. The number of rotatable bonds is 3. The van der Waals surface area contributed by atoms with Crippen LogP contribution in [-0.2, 0) is 18.3 Å². The van der Waals surface area contributed by atoms with Crippen molar-refractivity contribution in [3.8, 4) is 0 Å². The Morgan fingerprint density at radius 2 is 2.28 bits per heavy atom. The number of aromatic nitrogens is 2. The van der Waals surface area contributed by atoms with Crippen molar-refractivity contribution < 1.29 is 4.79 Å². The van der Waals surface area contributed by atoms with Crippen LogP contribution in [0.1, 0.15) is 38.3 Å². The molecule has 2 rings (SSSR count). The third kappa shape index (κ3) is 2.72. The highest BCUT2D eigenvalue weighted by Crippen LogP contribution is 2.25. The van der Waals surface area contributed by atoms with Gasteiger partial charge in [-0.15, -0.1) is 0 Å². The maximum atomic E-state index is 12.2. The van der Waals surface area contributed by atoms with Crippen LogP contribution in [0.2, 0.25) is 0 Å². The van der Waals surface area contributed by atoms with Crippen molar-refractivity contribution in [3.05, 3.63) is 11.9 Å². The van der Waals surface area contributed by atoms with E-state index >= 15 is 0 Å². The summed E-state index contributed by atoms with van der Waals surface area (Å²) in [6.07, 6.45) is 6.75. The van der Waals surface area contributed by atoms with E-state index in [0.29, 0.717) is 0 Å². The van der Waals surface area contributed by atoms with Gasteiger partial charge in [-0.05, 0) is 19.3 Å². The van der Waals surface area contributed by atoms with E-state index in [1.807, 2.05) is 20.2 Å². The van der Waals surface area contributed by atoms with Gasteiger partial charge in [0.15, 0.2) is 0 Å². The van der Waals surface area contributed by atoms with Gasteiger partial charge in [-0.3, -0.25) is 9.48 Å². The van der Waals surface area contributed by atoms with Crippen LogP contribution in [0.25, 0.3) is 0 Å². The van der Waals surface area contributed by atoms with Crippen molar-refractivity contribution in [1.29, 1.82) is 0 Å². The molecule has 1 aromatic heterocycles. The van der Waals surface area contributed by atoms with E-state index in [4.69, 9.17) is 5.73 Å². The Hall–Kier alpha value is -1.36. The molecule has 1 aliphatic carbocycles. The molecule has 1 heterocycles. The molecule has 0 bridgehead atoms. The third-order valence-corrected chi connectivity index (χ3v) is 3.65. The number of hydrogen-bond acceptors (Lipinski definition) is 3. The molecule has 1 amide bonds. The number of amides is 1. The van der Waals surface area contributed by atoms with Gasteiger partial charge in [0.05, 0.1) is 17.3 Å². The van der Waals surface area contributed by atoms with Crippen LogP contribution in [0.3, 0.4) is 0 Å². The van der Waals surface area contributed by atoms with E-state index in [0.717, 1.165) is 43.5 Å². The van der Waals surface area contributed by atoms with Gasteiger partial charge in [0.1, 0.15) is 0 Å². The van der Waals surface area contributed by atoms with Gasteiger partial charge in [0.25, 0.3) is 0 Å². The molecule has 5 nitrogen and oxygen atoms in total. The highest BCUT2D eigenvalue weighted by atomic mass is 16.1. The molecule has 1 aliphatic rings. The van der Waals surface area contributed by atoms with Crippen LogP contribution in [0.15, 0.2) is 6.20 Å². The second kappa shape index (κ2) is 5.52. The molecule has 2 unspecified atom stereocenters. The topological polar surface area (TPSA) is 72.9 Å². The van der Waals surface area contributed by atoms with Crippen molar-refractivity contribution in [3.63, 3.8) is 0 Å².